The first-order valence-electron chi connectivity index (χ1n) is 30.3. The molecule has 404 valence electrons. The van der Waals surface area contributed by atoms with E-state index in [0.29, 0.717) is 31.0 Å². The number of nitrogens with one attached hydrogen (secondary N) is 3. The average molecular weight is 968 g/mol. The van der Waals surface area contributed by atoms with E-state index in [2.05, 4.69) is 95.0 Å². The smallest absolute Gasteiger partial charge is 0.232 e. The van der Waals surface area contributed by atoms with Crippen LogP contribution in [0.4, 0.5) is 17.8 Å². The molecule has 1 aromatic rings. The molecule has 4 N–H and O–H groups in total. The van der Waals surface area contributed by atoms with Crippen LogP contribution in [0.5, 0.6) is 0 Å². The van der Waals surface area contributed by atoms with Gasteiger partial charge in [-0.1, -0.05) is 206 Å². The van der Waals surface area contributed by atoms with Crippen LogP contribution in [0.3, 0.4) is 0 Å². The van der Waals surface area contributed by atoms with Crippen molar-refractivity contribution in [2.24, 2.45) is 0 Å². The molecule has 69 heavy (non-hydrogen) atoms. The molecule has 2 aliphatic heterocycles. The maximum Gasteiger partial charge on any atom is 0.232 e. The van der Waals surface area contributed by atoms with Crippen LogP contribution in [0.15, 0.2) is 0 Å². The topological polar surface area (TPSA) is 101 Å². The maximum absolute atomic E-state index is 9.78. The zero-order valence-electron chi connectivity index (χ0n) is 47.8. The number of unbranched alkanes of at least 4 members (excludes halogenated alkanes) is 30. The monoisotopic (exact) mass is 967 g/mol. The van der Waals surface area contributed by atoms with Gasteiger partial charge in [0.1, 0.15) is 0 Å². The third-order valence-corrected chi connectivity index (χ3v) is 15.5. The van der Waals surface area contributed by atoms with Crippen LogP contribution in [-0.4, -0.2) is 80.5 Å². The molecule has 2 fully saturated rings. The number of piperidine rings is 2. The highest BCUT2D eigenvalue weighted by molar-refractivity contribution is 5.47. The van der Waals surface area contributed by atoms with Crippen molar-refractivity contribution in [3.05, 3.63) is 0 Å². The van der Waals surface area contributed by atoms with E-state index in [0.717, 1.165) is 63.5 Å². The lowest BCUT2D eigenvalue weighted by molar-refractivity contribution is 0.157. The van der Waals surface area contributed by atoms with E-state index < -0.39 is 0 Å². The van der Waals surface area contributed by atoms with Gasteiger partial charge < -0.3 is 30.9 Å². The number of hydrogen-bond acceptors (Lipinski definition) is 9. The molecule has 9 nitrogen and oxygen atoms in total. The van der Waals surface area contributed by atoms with Crippen molar-refractivity contribution in [3.8, 4) is 0 Å². The number of anilines is 3. The van der Waals surface area contributed by atoms with Gasteiger partial charge in [0.05, 0.1) is 0 Å². The van der Waals surface area contributed by atoms with Crippen molar-refractivity contribution < 1.29 is 5.11 Å². The molecule has 0 unspecified atom stereocenters. The second kappa shape index (κ2) is 34.7. The highest BCUT2D eigenvalue weighted by atomic mass is 16.3. The average Bonchev–Trinajstić information content (AvgIpc) is 3.26. The van der Waals surface area contributed by atoms with Crippen LogP contribution in [-0.2, 0) is 0 Å². The van der Waals surface area contributed by atoms with Crippen LogP contribution < -0.4 is 25.8 Å². The Labute approximate surface area is 429 Å². The second-order valence-corrected chi connectivity index (χ2v) is 25.2. The lowest BCUT2D eigenvalue weighted by Gasteiger charge is -2.50. The fourth-order valence-electron chi connectivity index (χ4n) is 12.5. The van der Waals surface area contributed by atoms with E-state index in [4.69, 9.17) is 15.0 Å². The van der Waals surface area contributed by atoms with Gasteiger partial charge in [0.15, 0.2) is 0 Å². The maximum atomic E-state index is 9.78. The molecule has 0 atom stereocenters. The quantitative estimate of drug-likeness (QED) is 0.0477. The van der Waals surface area contributed by atoms with Gasteiger partial charge in [-0.15, -0.1) is 0 Å². The van der Waals surface area contributed by atoms with Gasteiger partial charge in [-0.3, -0.25) is 0 Å². The summed E-state index contributed by atoms with van der Waals surface area (Å²) in [5, 5.41) is 21.3. The van der Waals surface area contributed by atoms with Gasteiger partial charge in [0.2, 0.25) is 17.8 Å². The number of rotatable bonds is 42. The van der Waals surface area contributed by atoms with Gasteiger partial charge in [-0.2, -0.15) is 15.0 Å². The molecule has 3 rings (SSSR count). The molecule has 0 spiro atoms. The molecule has 0 amide bonds. The molecule has 0 saturated carbocycles. The molecular formula is C60H118N8O. The Morgan fingerprint density at radius 2 is 0.667 bits per heavy atom. The molecule has 0 radical (unpaired) electrons. The minimum atomic E-state index is 0.00288. The Kier molecular flexibility index (Phi) is 30.9. The molecule has 0 aromatic carbocycles. The van der Waals surface area contributed by atoms with Crippen molar-refractivity contribution >= 4 is 17.8 Å². The van der Waals surface area contributed by atoms with Gasteiger partial charge in [0, 0.05) is 60.5 Å². The summed E-state index contributed by atoms with van der Waals surface area (Å²) in [6.45, 7) is 26.3. The first-order valence-corrected chi connectivity index (χ1v) is 30.3. The molecular weight excluding hydrogens is 849 g/mol. The first-order chi connectivity index (χ1) is 33.1. The van der Waals surface area contributed by atoms with Crippen molar-refractivity contribution in [1.29, 1.82) is 0 Å². The summed E-state index contributed by atoms with van der Waals surface area (Å²) in [4.78, 5) is 21.3. The van der Waals surface area contributed by atoms with Crippen LogP contribution in [0.1, 0.15) is 307 Å². The highest BCUT2D eigenvalue weighted by Gasteiger charge is 2.43. The Bertz CT molecular complexity index is 1290. The van der Waals surface area contributed by atoms with Crippen LogP contribution in [0.2, 0.25) is 0 Å². The largest absolute Gasteiger partial charge is 0.396 e. The fourth-order valence-corrected chi connectivity index (χ4v) is 12.5. The Morgan fingerprint density at radius 1 is 0.406 bits per heavy atom. The van der Waals surface area contributed by atoms with Gasteiger partial charge in [-0.05, 0) is 100 Å². The zero-order valence-corrected chi connectivity index (χ0v) is 47.8. The van der Waals surface area contributed by atoms with Gasteiger partial charge in [0.25, 0.3) is 0 Å². The fraction of sp³-hybridized carbons (Fsp3) is 0.950. The number of hydrogen-bond donors (Lipinski definition) is 4. The van der Waals surface area contributed by atoms with E-state index in [1.165, 1.54) is 193 Å². The lowest BCUT2D eigenvalue weighted by atomic mass is 9.79. The minimum absolute atomic E-state index is 0.00288. The Hall–Kier alpha value is -1.71. The first kappa shape index (κ1) is 61.6. The summed E-state index contributed by atoms with van der Waals surface area (Å²) in [5.74, 6) is 2.31. The summed E-state index contributed by atoms with van der Waals surface area (Å²) >= 11 is 0. The van der Waals surface area contributed by atoms with Crippen LogP contribution >= 0.6 is 0 Å². The molecule has 9 heteroatoms. The molecule has 2 aliphatic rings. The predicted octanol–water partition coefficient (Wildman–Crippen LogP) is 16.4. The molecule has 0 aliphatic carbocycles. The van der Waals surface area contributed by atoms with Crippen molar-refractivity contribution in [1.82, 2.24) is 25.6 Å². The third kappa shape index (κ3) is 27.8. The normalized spacial score (nSPS) is 17.9. The van der Waals surface area contributed by atoms with Crippen molar-refractivity contribution in [3.63, 3.8) is 0 Å². The summed E-state index contributed by atoms with van der Waals surface area (Å²) in [6, 6.07) is 0.636. The summed E-state index contributed by atoms with van der Waals surface area (Å²) in [6.07, 6.45) is 48.8. The SMILES string of the molecule is CCCCCCCCCCCCCCCCCCN(c1nc(NCCCO)nc(N(CCCCCCCCCCCCCCCCCC)C2CC(C)(C)NC(C)(C)C2)n1)C1CC(C)(C)NC(C)(C)C1. The van der Waals surface area contributed by atoms with Gasteiger partial charge in [-0.25, -0.2) is 0 Å². The predicted molar refractivity (Wildman–Crippen MR) is 302 cm³/mol. The highest BCUT2D eigenvalue weighted by Crippen LogP contribution is 2.37. The number of aliphatic hydroxyl groups is 1. The molecule has 3 heterocycles. The summed E-state index contributed by atoms with van der Waals surface area (Å²) in [7, 11) is 0. The summed E-state index contributed by atoms with van der Waals surface area (Å²) < 4.78 is 0. The van der Waals surface area contributed by atoms with Crippen molar-refractivity contribution in [2.75, 3.05) is 41.4 Å². The second-order valence-electron chi connectivity index (χ2n) is 25.2. The molecule has 0 bridgehead atoms. The van der Waals surface area contributed by atoms with Crippen LogP contribution in [0, 0.1) is 0 Å². The third-order valence-electron chi connectivity index (χ3n) is 15.5. The van der Waals surface area contributed by atoms with E-state index >= 15 is 0 Å². The van der Waals surface area contributed by atoms with Crippen molar-refractivity contribution in [2.45, 2.75) is 341 Å². The number of aromatic nitrogens is 3. The standard InChI is InChI=1S/C60H118N8O/c1-11-13-15-17-19-21-23-25-27-29-31-33-35-37-39-41-45-67(52-48-57(3,4)65-58(5,6)49-52)55-62-54(61-44-43-47-69)63-56(64-55)68(53-50-59(7,8)66-60(9,10)51-53)46-42-40-38-36-34-32-30-28-26-24-22-20-18-16-14-12-2/h52-53,65-66,69H,11-51H2,1-10H3,(H,61,62,63,64). The van der Waals surface area contributed by atoms with E-state index in [1.54, 1.807) is 0 Å². The molecule has 2 saturated heterocycles. The Morgan fingerprint density at radius 3 is 0.928 bits per heavy atom. The van der Waals surface area contributed by atoms with E-state index in [1.807, 2.05) is 0 Å². The van der Waals surface area contributed by atoms with Gasteiger partial charge >= 0.3 is 0 Å². The lowest BCUT2D eigenvalue weighted by Crippen LogP contribution is -2.63. The van der Waals surface area contributed by atoms with E-state index in [9.17, 15) is 5.11 Å². The summed E-state index contributed by atoms with van der Waals surface area (Å²) in [5.41, 5.74) is 0.0115. The Balaban J connectivity index is 1.70. The van der Waals surface area contributed by atoms with Crippen LogP contribution in [0.25, 0.3) is 0 Å². The zero-order chi connectivity index (χ0) is 50.3. The number of nitrogens with zero attached hydrogens (tertiary/aromatic N) is 5. The van der Waals surface area contributed by atoms with E-state index in [-0.39, 0.29) is 28.8 Å². The molecule has 1 aromatic heterocycles. The number of aliphatic hydroxyl groups excluding tert-OH is 1. The minimum Gasteiger partial charge on any atom is -0.396 e.